The number of nitrogens with one attached hydrogen (secondary N) is 1. The fourth-order valence-electron chi connectivity index (χ4n) is 3.70. The van der Waals surface area contributed by atoms with Gasteiger partial charge in [0.15, 0.2) is 5.96 Å². The summed E-state index contributed by atoms with van der Waals surface area (Å²) in [6.45, 7) is 8.82. The number of aliphatic imine (C=N–C) groups is 1. The molecule has 0 aromatic heterocycles. The van der Waals surface area contributed by atoms with Crippen molar-refractivity contribution in [2.45, 2.75) is 44.4 Å². The van der Waals surface area contributed by atoms with E-state index in [0.29, 0.717) is 25.7 Å². The van der Waals surface area contributed by atoms with E-state index in [9.17, 15) is 0 Å². The van der Waals surface area contributed by atoms with Crippen molar-refractivity contribution < 1.29 is 9.47 Å². The molecule has 6 nitrogen and oxygen atoms in total. The topological polar surface area (TPSA) is 72.1 Å². The van der Waals surface area contributed by atoms with Gasteiger partial charge >= 0.3 is 0 Å². The summed E-state index contributed by atoms with van der Waals surface area (Å²) in [6.07, 6.45) is 2.44. The van der Waals surface area contributed by atoms with Crippen molar-refractivity contribution in [3.8, 4) is 0 Å². The molecule has 3 rings (SSSR count). The first-order valence-electron chi connectivity index (χ1n) is 9.72. The number of hydrogen-bond acceptors (Lipinski definition) is 4. The standard InChI is InChI=1S/C20H31ClN4O2.HI/c1-20(2)14-25(9-11-27-20)18(15-5-7-16(21)8-6-15)13-24-19(22)23-12-17-4-3-10-26-17;/h5-8,17-18H,3-4,9-14H2,1-2H3,(H3,22,23,24);1H. The van der Waals surface area contributed by atoms with Gasteiger partial charge in [0, 0.05) is 31.3 Å². The quantitative estimate of drug-likeness (QED) is 0.341. The smallest absolute Gasteiger partial charge is 0.188 e. The van der Waals surface area contributed by atoms with Gasteiger partial charge in [-0.25, -0.2) is 0 Å². The molecule has 2 atom stereocenters. The Labute approximate surface area is 190 Å². The summed E-state index contributed by atoms with van der Waals surface area (Å²) in [5, 5.41) is 3.94. The van der Waals surface area contributed by atoms with Crippen molar-refractivity contribution in [2.75, 3.05) is 39.4 Å². The second-order valence-electron chi connectivity index (χ2n) is 7.89. The fraction of sp³-hybridized carbons (Fsp3) is 0.650. The molecule has 1 aromatic carbocycles. The Morgan fingerprint density at radius 1 is 1.36 bits per heavy atom. The van der Waals surface area contributed by atoms with Gasteiger partial charge in [-0.2, -0.15) is 0 Å². The van der Waals surface area contributed by atoms with Crippen LogP contribution in [0.15, 0.2) is 29.3 Å². The first-order chi connectivity index (χ1) is 12.9. The minimum Gasteiger partial charge on any atom is -0.376 e. The second kappa shape index (κ2) is 11.0. The molecule has 0 amide bonds. The number of guanidine groups is 1. The zero-order chi connectivity index (χ0) is 19.3. The Morgan fingerprint density at radius 2 is 2.11 bits per heavy atom. The molecule has 0 saturated carbocycles. The lowest BCUT2D eigenvalue weighted by atomic mass is 10.0. The van der Waals surface area contributed by atoms with E-state index in [1.54, 1.807) is 0 Å². The molecule has 2 saturated heterocycles. The number of hydrogen-bond donors (Lipinski definition) is 2. The molecule has 0 aliphatic carbocycles. The van der Waals surface area contributed by atoms with Gasteiger partial charge in [0.2, 0.25) is 0 Å². The van der Waals surface area contributed by atoms with Crippen LogP contribution in [0, 0.1) is 0 Å². The molecule has 28 heavy (non-hydrogen) atoms. The van der Waals surface area contributed by atoms with Gasteiger partial charge in [-0.15, -0.1) is 24.0 Å². The van der Waals surface area contributed by atoms with Gasteiger partial charge < -0.3 is 20.5 Å². The minimum absolute atomic E-state index is 0. The normalized spacial score (nSPS) is 23.8. The zero-order valence-electron chi connectivity index (χ0n) is 16.7. The Hall–Kier alpha value is -0.610. The largest absolute Gasteiger partial charge is 0.376 e. The van der Waals surface area contributed by atoms with Gasteiger partial charge in [0.25, 0.3) is 0 Å². The number of benzene rings is 1. The van der Waals surface area contributed by atoms with Crippen molar-refractivity contribution in [3.05, 3.63) is 34.9 Å². The van der Waals surface area contributed by atoms with Crippen molar-refractivity contribution in [1.29, 1.82) is 0 Å². The number of ether oxygens (including phenoxy) is 2. The highest BCUT2D eigenvalue weighted by atomic mass is 127. The number of rotatable bonds is 6. The van der Waals surface area contributed by atoms with Crippen LogP contribution in [-0.2, 0) is 9.47 Å². The van der Waals surface area contributed by atoms with Crippen LogP contribution in [0.5, 0.6) is 0 Å². The Bertz CT molecular complexity index is 636. The predicted octanol–water partition coefficient (Wildman–Crippen LogP) is 3.19. The van der Waals surface area contributed by atoms with E-state index in [2.05, 4.69) is 41.2 Å². The van der Waals surface area contributed by atoms with E-state index < -0.39 is 0 Å². The van der Waals surface area contributed by atoms with Crippen LogP contribution < -0.4 is 11.1 Å². The third kappa shape index (κ3) is 7.02. The summed E-state index contributed by atoms with van der Waals surface area (Å²) in [7, 11) is 0. The molecule has 0 bridgehead atoms. The maximum absolute atomic E-state index is 6.10. The molecule has 8 heteroatoms. The first kappa shape index (κ1) is 23.7. The zero-order valence-corrected chi connectivity index (χ0v) is 19.8. The first-order valence-corrected chi connectivity index (χ1v) is 10.1. The number of halogens is 2. The summed E-state index contributed by atoms with van der Waals surface area (Å²) >= 11 is 6.08. The molecule has 0 radical (unpaired) electrons. The fourth-order valence-corrected chi connectivity index (χ4v) is 3.83. The lowest BCUT2D eigenvalue weighted by molar-refractivity contribution is -0.0967. The highest BCUT2D eigenvalue weighted by Crippen LogP contribution is 2.28. The van der Waals surface area contributed by atoms with Gasteiger partial charge in [0.1, 0.15) is 0 Å². The van der Waals surface area contributed by atoms with Crippen LogP contribution in [-0.4, -0.2) is 62.0 Å². The third-order valence-corrected chi connectivity index (χ3v) is 5.37. The lowest BCUT2D eigenvalue weighted by Crippen LogP contribution is -2.50. The van der Waals surface area contributed by atoms with E-state index in [1.807, 2.05) is 12.1 Å². The summed E-state index contributed by atoms with van der Waals surface area (Å²) in [4.78, 5) is 7.04. The van der Waals surface area contributed by atoms with E-state index in [4.69, 9.17) is 26.8 Å². The minimum atomic E-state index is -0.170. The van der Waals surface area contributed by atoms with E-state index >= 15 is 0 Å². The van der Waals surface area contributed by atoms with Crippen LogP contribution in [0.3, 0.4) is 0 Å². The lowest BCUT2D eigenvalue weighted by Gasteiger charge is -2.42. The van der Waals surface area contributed by atoms with Crippen molar-refractivity contribution in [2.24, 2.45) is 10.7 Å². The number of morpholine rings is 1. The van der Waals surface area contributed by atoms with Gasteiger partial charge in [-0.05, 0) is 44.4 Å². The van der Waals surface area contributed by atoms with E-state index in [0.717, 1.165) is 37.6 Å². The molecule has 2 fully saturated rings. The monoisotopic (exact) mass is 522 g/mol. The van der Waals surface area contributed by atoms with Crippen LogP contribution in [0.1, 0.15) is 38.3 Å². The molecule has 1 aromatic rings. The molecule has 2 aliphatic heterocycles. The molecule has 2 heterocycles. The van der Waals surface area contributed by atoms with Gasteiger partial charge in [0.05, 0.1) is 30.9 Å². The molecule has 3 N–H and O–H groups in total. The highest BCUT2D eigenvalue weighted by molar-refractivity contribution is 14.0. The van der Waals surface area contributed by atoms with Gasteiger partial charge in [-0.1, -0.05) is 23.7 Å². The molecular weight excluding hydrogens is 491 g/mol. The molecule has 0 spiro atoms. The molecule has 2 aliphatic rings. The van der Waals surface area contributed by atoms with Crippen molar-refractivity contribution in [3.63, 3.8) is 0 Å². The molecule has 2 unspecified atom stereocenters. The second-order valence-corrected chi connectivity index (χ2v) is 8.32. The van der Waals surface area contributed by atoms with E-state index in [-0.39, 0.29) is 41.7 Å². The van der Waals surface area contributed by atoms with Crippen LogP contribution in [0.4, 0.5) is 0 Å². The van der Waals surface area contributed by atoms with Crippen LogP contribution in [0.25, 0.3) is 0 Å². The third-order valence-electron chi connectivity index (χ3n) is 5.12. The summed E-state index contributed by atoms with van der Waals surface area (Å²) < 4.78 is 11.5. The summed E-state index contributed by atoms with van der Waals surface area (Å²) in [5.41, 5.74) is 7.12. The van der Waals surface area contributed by atoms with Gasteiger partial charge in [-0.3, -0.25) is 9.89 Å². The predicted molar refractivity (Wildman–Crippen MR) is 125 cm³/mol. The van der Waals surface area contributed by atoms with E-state index in [1.165, 1.54) is 5.56 Å². The summed E-state index contributed by atoms with van der Waals surface area (Å²) in [6, 6.07) is 8.13. The highest BCUT2D eigenvalue weighted by Gasteiger charge is 2.32. The average Bonchev–Trinajstić information content (AvgIpc) is 3.14. The Morgan fingerprint density at radius 3 is 2.75 bits per heavy atom. The summed E-state index contributed by atoms with van der Waals surface area (Å²) in [5.74, 6) is 0.469. The molecular formula is C20H32ClIN4O2. The Balaban J connectivity index is 0.00000280. The van der Waals surface area contributed by atoms with Crippen molar-refractivity contribution in [1.82, 2.24) is 10.2 Å². The SMILES string of the molecule is CC1(C)CN(C(CN=C(N)NCC2CCCO2)c2ccc(Cl)cc2)CCO1.I. The molecule has 158 valence electrons. The maximum Gasteiger partial charge on any atom is 0.188 e. The van der Waals surface area contributed by atoms with Crippen LogP contribution >= 0.6 is 35.6 Å². The number of nitrogens with zero attached hydrogens (tertiary/aromatic N) is 2. The maximum atomic E-state index is 6.10. The average molecular weight is 523 g/mol. The number of nitrogens with two attached hydrogens (primary N) is 1. The van der Waals surface area contributed by atoms with Crippen LogP contribution in [0.2, 0.25) is 5.02 Å². The Kier molecular flexibility index (Phi) is 9.27. The van der Waals surface area contributed by atoms with Crippen molar-refractivity contribution >= 4 is 41.5 Å².